The fourth-order valence-electron chi connectivity index (χ4n) is 2.73. The second-order valence-corrected chi connectivity index (χ2v) is 7.86. The van der Waals surface area contributed by atoms with E-state index in [9.17, 15) is 0 Å². The lowest BCUT2D eigenvalue weighted by atomic mass is 10.1. The van der Waals surface area contributed by atoms with Gasteiger partial charge in [-0.2, -0.15) is 0 Å². The number of thiazole rings is 1. The maximum atomic E-state index is 4.76. The topological polar surface area (TPSA) is 12.9 Å². The van der Waals surface area contributed by atoms with Gasteiger partial charge < -0.3 is 0 Å². The quantitative estimate of drug-likeness (QED) is 0.370. The van der Waals surface area contributed by atoms with Crippen LogP contribution < -0.4 is 0 Å². The molecule has 0 saturated carbocycles. The van der Waals surface area contributed by atoms with Gasteiger partial charge in [-0.15, -0.1) is 22.7 Å². The molecule has 0 atom stereocenters. The van der Waals surface area contributed by atoms with Crippen LogP contribution in [0, 0.1) is 0 Å². The number of hydrogen-bond donors (Lipinski definition) is 0. The van der Waals surface area contributed by atoms with E-state index in [-0.39, 0.29) is 0 Å². The Morgan fingerprint density at radius 3 is 2.18 bits per heavy atom. The summed E-state index contributed by atoms with van der Waals surface area (Å²) in [6.45, 7) is 2.28. The van der Waals surface area contributed by atoms with Crippen LogP contribution >= 0.6 is 22.7 Å². The Morgan fingerprint density at radius 2 is 1.55 bits per heavy atom. The summed E-state index contributed by atoms with van der Waals surface area (Å²) >= 11 is 3.57. The summed E-state index contributed by atoms with van der Waals surface area (Å²) in [7, 11) is 0. The van der Waals surface area contributed by atoms with Gasteiger partial charge >= 0.3 is 0 Å². The van der Waals surface area contributed by atoms with Gasteiger partial charge in [-0.25, -0.2) is 4.98 Å². The molecule has 0 aliphatic heterocycles. The lowest BCUT2D eigenvalue weighted by molar-refractivity contribution is 0.555. The molecule has 0 saturated heterocycles. The van der Waals surface area contributed by atoms with Crippen LogP contribution in [0.5, 0.6) is 0 Å². The molecule has 0 aliphatic carbocycles. The maximum Gasteiger partial charge on any atom is 0.133 e. The van der Waals surface area contributed by atoms with Gasteiger partial charge in [0.05, 0.1) is 10.6 Å². The Labute approximate surface area is 143 Å². The average Bonchev–Trinajstić information content (AvgIpc) is 3.19. The third kappa shape index (κ3) is 6.62. The van der Waals surface area contributed by atoms with Crippen LogP contribution in [0.1, 0.15) is 76.8 Å². The molecule has 0 spiro atoms. The molecule has 0 aliphatic rings. The molecule has 3 heteroatoms. The van der Waals surface area contributed by atoms with E-state index in [4.69, 9.17) is 4.98 Å². The molecule has 0 N–H and O–H groups in total. The van der Waals surface area contributed by atoms with Crippen LogP contribution in [0.15, 0.2) is 22.9 Å². The summed E-state index contributed by atoms with van der Waals surface area (Å²) in [6.07, 6.45) is 15.2. The summed E-state index contributed by atoms with van der Waals surface area (Å²) in [5.74, 6) is 0. The van der Waals surface area contributed by atoms with Gasteiger partial charge in [-0.3, -0.25) is 0 Å². The molecule has 0 unspecified atom stereocenters. The Hall–Kier alpha value is -0.670. The van der Waals surface area contributed by atoms with E-state index in [0.29, 0.717) is 0 Å². The van der Waals surface area contributed by atoms with Crippen molar-refractivity contribution in [1.29, 1.82) is 0 Å². The zero-order valence-electron chi connectivity index (χ0n) is 13.9. The van der Waals surface area contributed by atoms with Crippen LogP contribution in [0.2, 0.25) is 0 Å². The van der Waals surface area contributed by atoms with Gasteiger partial charge in [0.25, 0.3) is 0 Å². The number of aromatic nitrogens is 1. The monoisotopic (exact) mass is 335 g/mol. The lowest BCUT2D eigenvalue weighted by Crippen LogP contribution is -1.87. The first-order valence-electron chi connectivity index (χ1n) is 8.88. The third-order valence-corrected chi connectivity index (χ3v) is 6.00. The van der Waals surface area contributed by atoms with Crippen LogP contribution in [-0.4, -0.2) is 4.98 Å². The van der Waals surface area contributed by atoms with Crippen molar-refractivity contribution in [2.75, 3.05) is 0 Å². The smallest absolute Gasteiger partial charge is 0.133 e. The van der Waals surface area contributed by atoms with E-state index >= 15 is 0 Å². The van der Waals surface area contributed by atoms with E-state index < -0.39 is 0 Å². The van der Waals surface area contributed by atoms with Crippen molar-refractivity contribution in [1.82, 2.24) is 4.98 Å². The van der Waals surface area contributed by atoms with Crippen molar-refractivity contribution >= 4 is 22.7 Å². The van der Waals surface area contributed by atoms with Gasteiger partial charge in [-0.05, 0) is 24.3 Å². The highest BCUT2D eigenvalue weighted by atomic mass is 32.1. The number of hydrogen-bond acceptors (Lipinski definition) is 3. The molecular formula is C19H29NS2. The van der Waals surface area contributed by atoms with E-state index in [1.807, 2.05) is 0 Å². The van der Waals surface area contributed by atoms with E-state index in [1.54, 1.807) is 22.7 Å². The van der Waals surface area contributed by atoms with Crippen LogP contribution in [0.4, 0.5) is 0 Å². The molecule has 2 aromatic rings. The normalized spacial score (nSPS) is 11.1. The van der Waals surface area contributed by atoms with Crippen LogP contribution in [0.25, 0.3) is 9.88 Å². The second kappa shape index (κ2) is 11.0. The largest absolute Gasteiger partial charge is 0.240 e. The minimum Gasteiger partial charge on any atom is -0.240 e. The van der Waals surface area contributed by atoms with Gasteiger partial charge in [0.1, 0.15) is 5.01 Å². The SMILES string of the molecule is CCCCCCCCCCCCc1csc(-c2cccs2)n1. The molecule has 2 rings (SSSR count). The first-order chi connectivity index (χ1) is 10.9. The minimum absolute atomic E-state index is 1.15. The average molecular weight is 336 g/mol. The van der Waals surface area contributed by atoms with Crippen molar-refractivity contribution in [3.63, 3.8) is 0 Å². The summed E-state index contributed by atoms with van der Waals surface area (Å²) in [5, 5.41) is 5.55. The second-order valence-electron chi connectivity index (χ2n) is 6.05. The van der Waals surface area contributed by atoms with Gasteiger partial charge in [0.2, 0.25) is 0 Å². The van der Waals surface area contributed by atoms with Crippen molar-refractivity contribution < 1.29 is 0 Å². The van der Waals surface area contributed by atoms with Crippen LogP contribution in [-0.2, 0) is 6.42 Å². The number of nitrogens with zero attached hydrogens (tertiary/aromatic N) is 1. The van der Waals surface area contributed by atoms with Crippen molar-refractivity contribution in [2.24, 2.45) is 0 Å². The first kappa shape index (κ1) is 17.7. The van der Waals surface area contributed by atoms with Gasteiger partial charge in [-0.1, -0.05) is 70.8 Å². The highest BCUT2D eigenvalue weighted by Crippen LogP contribution is 2.28. The lowest BCUT2D eigenvalue weighted by Gasteiger charge is -2.01. The molecule has 2 heterocycles. The van der Waals surface area contributed by atoms with Gasteiger partial charge in [0.15, 0.2) is 0 Å². The third-order valence-electron chi connectivity index (χ3n) is 4.07. The number of unbranched alkanes of at least 4 members (excludes halogenated alkanes) is 9. The van der Waals surface area contributed by atoms with E-state index in [1.165, 1.54) is 79.8 Å². The molecule has 0 radical (unpaired) electrons. The summed E-state index contributed by atoms with van der Waals surface area (Å²) in [5.41, 5.74) is 1.29. The molecule has 0 aromatic carbocycles. The highest BCUT2D eigenvalue weighted by molar-refractivity contribution is 7.20. The standard InChI is InChI=1S/C19H29NS2/c1-2-3-4-5-6-7-8-9-10-11-13-17-16-22-19(20-17)18-14-12-15-21-18/h12,14-16H,2-11,13H2,1H3. The Morgan fingerprint density at radius 1 is 0.864 bits per heavy atom. The summed E-state index contributed by atoms with van der Waals surface area (Å²) < 4.78 is 0. The Bertz CT molecular complexity index is 487. The fourth-order valence-corrected chi connectivity index (χ4v) is 4.40. The Kier molecular flexibility index (Phi) is 8.81. The molecule has 0 fully saturated rings. The predicted molar refractivity (Wildman–Crippen MR) is 101 cm³/mol. The van der Waals surface area contributed by atoms with Crippen molar-refractivity contribution in [3.05, 3.63) is 28.6 Å². The zero-order chi connectivity index (χ0) is 15.5. The highest BCUT2D eigenvalue weighted by Gasteiger charge is 2.05. The van der Waals surface area contributed by atoms with E-state index in [0.717, 1.165) is 6.42 Å². The predicted octanol–water partition coefficient (Wildman–Crippen LogP) is 7.34. The van der Waals surface area contributed by atoms with Crippen molar-refractivity contribution in [3.8, 4) is 9.88 Å². The number of thiophene rings is 1. The summed E-state index contributed by atoms with van der Waals surface area (Å²) in [4.78, 5) is 6.06. The first-order valence-corrected chi connectivity index (χ1v) is 10.6. The molecule has 122 valence electrons. The number of rotatable bonds is 12. The molecule has 2 aromatic heterocycles. The molecule has 1 nitrogen and oxygen atoms in total. The minimum atomic E-state index is 1.15. The fraction of sp³-hybridized carbons (Fsp3) is 0.632. The Balaban J connectivity index is 1.49. The van der Waals surface area contributed by atoms with Gasteiger partial charge in [0, 0.05) is 5.38 Å². The number of aryl methyl sites for hydroxylation is 1. The van der Waals surface area contributed by atoms with Crippen molar-refractivity contribution in [2.45, 2.75) is 77.6 Å². The zero-order valence-corrected chi connectivity index (χ0v) is 15.5. The van der Waals surface area contributed by atoms with Crippen LogP contribution in [0.3, 0.4) is 0 Å². The molecular weight excluding hydrogens is 306 g/mol. The molecule has 22 heavy (non-hydrogen) atoms. The summed E-state index contributed by atoms with van der Waals surface area (Å²) in [6, 6.07) is 4.26. The maximum absolute atomic E-state index is 4.76. The van der Waals surface area contributed by atoms with E-state index in [2.05, 4.69) is 29.8 Å². The molecule has 0 bridgehead atoms. The molecule has 0 amide bonds.